The molecular formula is C23H22N2O2. The predicted octanol–water partition coefficient (Wildman–Crippen LogP) is 3.50. The number of morpholine rings is 1. The first kappa shape index (κ1) is 17.5. The number of nitrogens with zero attached hydrogens (tertiary/aromatic N) is 2. The van der Waals surface area contributed by atoms with E-state index in [4.69, 9.17) is 15.9 Å². The normalized spacial score (nSPS) is 17.5. The molecule has 4 rings (SSSR count). The van der Waals surface area contributed by atoms with Crippen LogP contribution in [0.2, 0.25) is 0 Å². The van der Waals surface area contributed by atoms with Gasteiger partial charge in [-0.25, -0.2) is 0 Å². The number of rotatable bonds is 5. The molecule has 1 unspecified atom stereocenters. The monoisotopic (exact) mass is 358 g/mol. The van der Waals surface area contributed by atoms with Crippen molar-refractivity contribution in [2.75, 3.05) is 26.3 Å². The van der Waals surface area contributed by atoms with E-state index < -0.39 is 0 Å². The minimum absolute atomic E-state index is 0.0429. The van der Waals surface area contributed by atoms with Crippen molar-refractivity contribution in [3.05, 3.63) is 71.9 Å². The number of ether oxygens (including phenoxy) is 2. The van der Waals surface area contributed by atoms with E-state index in [1.165, 1.54) is 10.9 Å². The fourth-order valence-corrected chi connectivity index (χ4v) is 3.42. The summed E-state index contributed by atoms with van der Waals surface area (Å²) in [7, 11) is 0. The Labute approximate surface area is 159 Å². The molecule has 2 aromatic carbocycles. The van der Waals surface area contributed by atoms with Crippen molar-refractivity contribution in [2.45, 2.75) is 12.6 Å². The van der Waals surface area contributed by atoms with Gasteiger partial charge in [-0.1, -0.05) is 30.2 Å². The van der Waals surface area contributed by atoms with Gasteiger partial charge in [0.1, 0.15) is 18.5 Å². The number of terminal acetylenes is 1. The maximum absolute atomic E-state index is 5.90. The molecule has 0 spiro atoms. The first-order valence-corrected chi connectivity index (χ1v) is 9.18. The Balaban J connectivity index is 1.38. The summed E-state index contributed by atoms with van der Waals surface area (Å²) in [6.45, 7) is 3.86. The molecule has 0 amide bonds. The molecule has 1 aromatic heterocycles. The first-order valence-electron chi connectivity index (χ1n) is 9.18. The summed E-state index contributed by atoms with van der Waals surface area (Å²) < 4.78 is 11.8. The van der Waals surface area contributed by atoms with Crippen molar-refractivity contribution >= 4 is 10.9 Å². The Morgan fingerprint density at radius 1 is 1.19 bits per heavy atom. The molecule has 0 bridgehead atoms. The summed E-state index contributed by atoms with van der Waals surface area (Å²) in [5, 5.41) is 1.21. The van der Waals surface area contributed by atoms with Crippen LogP contribution in [0.3, 0.4) is 0 Å². The van der Waals surface area contributed by atoms with E-state index in [1.807, 2.05) is 36.5 Å². The molecular weight excluding hydrogens is 336 g/mol. The Morgan fingerprint density at radius 3 is 3.04 bits per heavy atom. The van der Waals surface area contributed by atoms with Gasteiger partial charge >= 0.3 is 0 Å². The molecule has 0 N–H and O–H groups in total. The van der Waals surface area contributed by atoms with Gasteiger partial charge in [0.05, 0.1) is 12.1 Å². The predicted molar refractivity (Wildman–Crippen MR) is 107 cm³/mol. The second-order valence-electron chi connectivity index (χ2n) is 6.70. The highest BCUT2D eigenvalue weighted by Gasteiger charge is 2.21. The lowest BCUT2D eigenvalue weighted by Gasteiger charge is -2.33. The number of hydrogen-bond acceptors (Lipinski definition) is 4. The van der Waals surface area contributed by atoms with Crippen LogP contribution in [-0.2, 0) is 11.3 Å². The maximum atomic E-state index is 5.90. The van der Waals surface area contributed by atoms with E-state index >= 15 is 0 Å². The van der Waals surface area contributed by atoms with E-state index in [0.717, 1.165) is 36.5 Å². The Bertz CT molecular complexity index is 958. The van der Waals surface area contributed by atoms with Gasteiger partial charge in [0.25, 0.3) is 0 Å². The van der Waals surface area contributed by atoms with Crippen molar-refractivity contribution in [3.8, 4) is 18.1 Å². The van der Waals surface area contributed by atoms with Crippen LogP contribution in [-0.4, -0.2) is 42.3 Å². The number of pyridine rings is 1. The van der Waals surface area contributed by atoms with Crippen LogP contribution in [0, 0.1) is 12.3 Å². The summed E-state index contributed by atoms with van der Waals surface area (Å²) in [6.07, 6.45) is 7.38. The minimum atomic E-state index is 0.0429. The van der Waals surface area contributed by atoms with E-state index in [9.17, 15) is 0 Å². The van der Waals surface area contributed by atoms with Crippen molar-refractivity contribution < 1.29 is 9.47 Å². The molecule has 0 aliphatic carbocycles. The molecule has 4 nitrogen and oxygen atoms in total. The van der Waals surface area contributed by atoms with Crippen molar-refractivity contribution in [1.29, 1.82) is 0 Å². The smallest absolute Gasteiger partial charge is 0.120 e. The Morgan fingerprint density at radius 2 is 2.11 bits per heavy atom. The average molecular weight is 358 g/mol. The molecule has 1 fully saturated rings. The topological polar surface area (TPSA) is 34.6 Å². The Hall–Kier alpha value is -2.87. The number of aromatic nitrogens is 1. The van der Waals surface area contributed by atoms with Gasteiger partial charge in [0.2, 0.25) is 0 Å². The third-order valence-corrected chi connectivity index (χ3v) is 4.79. The molecule has 1 saturated heterocycles. The van der Waals surface area contributed by atoms with Crippen LogP contribution in [0.25, 0.3) is 10.9 Å². The minimum Gasteiger partial charge on any atom is -0.491 e. The summed E-state index contributed by atoms with van der Waals surface area (Å²) in [5.41, 5.74) is 3.16. The lowest BCUT2D eigenvalue weighted by molar-refractivity contribution is -0.0503. The van der Waals surface area contributed by atoms with Crippen molar-refractivity contribution in [2.24, 2.45) is 0 Å². The van der Waals surface area contributed by atoms with Crippen LogP contribution in [0.4, 0.5) is 0 Å². The Kier molecular flexibility index (Phi) is 5.34. The molecule has 0 saturated carbocycles. The lowest BCUT2D eigenvalue weighted by Crippen LogP contribution is -2.44. The first-order chi connectivity index (χ1) is 13.3. The number of fused-ring (bicyclic) bond motifs is 1. The van der Waals surface area contributed by atoms with Crippen LogP contribution < -0.4 is 4.74 Å². The van der Waals surface area contributed by atoms with Crippen LogP contribution in [0.5, 0.6) is 5.75 Å². The molecule has 1 aliphatic heterocycles. The zero-order chi connectivity index (χ0) is 18.5. The van der Waals surface area contributed by atoms with Gasteiger partial charge in [-0.15, -0.1) is 6.42 Å². The lowest BCUT2D eigenvalue weighted by atomic mass is 10.1. The SMILES string of the molecule is C#Cc1cccc(OCC2CN(Cc3ccnc4ccccc34)CCO2)c1. The molecule has 4 heteroatoms. The average Bonchev–Trinajstić information content (AvgIpc) is 2.73. The number of benzene rings is 2. The highest BCUT2D eigenvalue weighted by Crippen LogP contribution is 2.20. The third-order valence-electron chi connectivity index (χ3n) is 4.79. The highest BCUT2D eigenvalue weighted by atomic mass is 16.5. The van der Waals surface area contributed by atoms with Crippen LogP contribution in [0.15, 0.2) is 60.8 Å². The van der Waals surface area contributed by atoms with Crippen molar-refractivity contribution in [1.82, 2.24) is 9.88 Å². The van der Waals surface area contributed by atoms with E-state index in [2.05, 4.69) is 40.1 Å². The van der Waals surface area contributed by atoms with Crippen LogP contribution in [0.1, 0.15) is 11.1 Å². The fraction of sp³-hybridized carbons (Fsp3) is 0.261. The largest absolute Gasteiger partial charge is 0.491 e. The standard InChI is InChI=1S/C23H22N2O2/c1-2-18-6-5-7-20(14-18)27-17-21-16-25(12-13-26-21)15-19-10-11-24-23-9-4-3-8-22(19)23/h1,3-11,14,21H,12-13,15-17H2. The van der Waals surface area contributed by atoms with Crippen LogP contribution >= 0.6 is 0 Å². The van der Waals surface area contributed by atoms with E-state index in [1.54, 1.807) is 0 Å². The van der Waals surface area contributed by atoms with Gasteiger partial charge in [-0.05, 0) is 35.9 Å². The maximum Gasteiger partial charge on any atom is 0.120 e. The summed E-state index contributed by atoms with van der Waals surface area (Å²) in [5.74, 6) is 3.41. The quantitative estimate of drug-likeness (QED) is 0.654. The third kappa shape index (κ3) is 4.28. The highest BCUT2D eigenvalue weighted by molar-refractivity contribution is 5.81. The second kappa shape index (κ2) is 8.22. The summed E-state index contributed by atoms with van der Waals surface area (Å²) >= 11 is 0. The molecule has 3 aromatic rings. The van der Waals surface area contributed by atoms with Gasteiger partial charge in [-0.2, -0.15) is 0 Å². The van der Waals surface area contributed by atoms with Gasteiger partial charge in [0.15, 0.2) is 0 Å². The molecule has 1 aliphatic rings. The zero-order valence-electron chi connectivity index (χ0n) is 15.2. The molecule has 136 valence electrons. The van der Waals surface area contributed by atoms with Gasteiger partial charge < -0.3 is 9.47 Å². The number of hydrogen-bond donors (Lipinski definition) is 0. The number of para-hydroxylation sites is 1. The molecule has 1 atom stereocenters. The summed E-state index contributed by atoms with van der Waals surface area (Å²) in [4.78, 5) is 6.86. The van der Waals surface area contributed by atoms with Gasteiger partial charge in [-0.3, -0.25) is 9.88 Å². The van der Waals surface area contributed by atoms with Crippen molar-refractivity contribution in [3.63, 3.8) is 0 Å². The molecule has 27 heavy (non-hydrogen) atoms. The summed E-state index contributed by atoms with van der Waals surface area (Å²) in [6, 6.07) is 18.0. The second-order valence-corrected chi connectivity index (χ2v) is 6.70. The fourth-order valence-electron chi connectivity index (χ4n) is 3.42. The zero-order valence-corrected chi connectivity index (χ0v) is 15.2. The van der Waals surface area contributed by atoms with Gasteiger partial charge in [0, 0.05) is 36.8 Å². The molecule has 2 heterocycles. The molecule has 0 radical (unpaired) electrons. The van der Waals surface area contributed by atoms with E-state index in [0.29, 0.717) is 13.2 Å². The van der Waals surface area contributed by atoms with E-state index in [-0.39, 0.29) is 6.10 Å².